The number of alkyl halides is 10. The lowest BCUT2D eigenvalue weighted by molar-refractivity contribution is -0.884. The normalized spacial score (nSPS) is 29.4. The van der Waals surface area contributed by atoms with Crippen molar-refractivity contribution in [3.63, 3.8) is 0 Å². The maximum atomic E-state index is 14.1. The van der Waals surface area contributed by atoms with Gasteiger partial charge in [0, 0.05) is 29.5 Å². The largest absolute Gasteiger partial charge is 0.743 e. The molecule has 12 saturated carbocycles. The zero-order chi connectivity index (χ0) is 99.4. The predicted molar refractivity (Wildman–Crippen MR) is 479 cm³/mol. The molecule has 0 N–H and O–H groups in total. The number of carbonyl (C=O) groups is 6. The summed E-state index contributed by atoms with van der Waals surface area (Å²) in [4.78, 5) is 91.8. The standard InChI is InChI=1S/2C26H32F5NO8S.2C18H15S.C10H16N.CH4O4S/c2*1-10(2)32-18-14-6-15(19(18)39-23(35)24-7-11-3-12(8-24)5-13(4-11)9-24)17(16(14)20(32)33)21(34)40-22(25(27,28)29)26(30,31)41(36,37)38;2*1-4-10-16(11-5-1)19(17-12-6-2-7-13-17)18-14-8-3-9-15-18;1-11(2,3)9-10-7-5-4-6-8-10;1-5-6(2,3)4/h2*10-19,22H,3-9H2,1-2H3,(H,36,37,38);2*1-15H;4-8H,9H2,1-3H3;1H3,(H,2,3,4)/q;;3*+1;/p-3. The van der Waals surface area contributed by atoms with Gasteiger partial charge in [0.25, 0.3) is 12.2 Å². The Hall–Kier alpha value is -8.99. The van der Waals surface area contributed by atoms with Gasteiger partial charge in [-0.05, 0) is 238 Å². The first-order valence-electron chi connectivity index (χ1n) is 45.7. The number of quaternary nitrogens is 1. The fraction of sp³-hybridized carbons (Fsp3) is 0.515. The highest BCUT2D eigenvalue weighted by Crippen LogP contribution is 2.67. The summed E-state index contributed by atoms with van der Waals surface area (Å²) in [6.07, 6.45) is -13.0. The number of ether oxygens (including phenoxy) is 4. The van der Waals surface area contributed by atoms with Crippen molar-refractivity contribution in [2.24, 2.45) is 93.7 Å². The molecule has 38 heteroatoms. The Bertz CT molecular complexity index is 5220. The molecule has 12 aliphatic carbocycles. The second kappa shape index (κ2) is 40.6. The summed E-state index contributed by atoms with van der Waals surface area (Å²) in [5.74, 6) is -12.4. The summed E-state index contributed by atoms with van der Waals surface area (Å²) in [6, 6.07) is 72.8. The van der Waals surface area contributed by atoms with Gasteiger partial charge in [0.2, 0.25) is 22.2 Å². The summed E-state index contributed by atoms with van der Waals surface area (Å²) >= 11 is 0. The minimum absolute atomic E-state index is 0.0146. The monoisotopic (exact) mass is 2010 g/mol. The highest BCUT2D eigenvalue weighted by atomic mass is 32.3. The third-order valence-corrected chi connectivity index (χ3v) is 35.5. The van der Waals surface area contributed by atoms with Gasteiger partial charge >= 0.3 is 46.7 Å². The molecule has 2 aliphatic heterocycles. The van der Waals surface area contributed by atoms with E-state index in [0.717, 1.165) is 56.7 Å². The van der Waals surface area contributed by atoms with E-state index >= 15 is 0 Å². The molecule has 14 fully saturated rings. The second-order valence-electron chi connectivity index (χ2n) is 39.8. The summed E-state index contributed by atoms with van der Waals surface area (Å²) in [5.41, 5.74) is -0.00757. The summed E-state index contributed by atoms with van der Waals surface area (Å²) in [5, 5.41) is -12.0. The van der Waals surface area contributed by atoms with Crippen LogP contribution in [0.5, 0.6) is 0 Å². The highest BCUT2D eigenvalue weighted by Gasteiger charge is 2.76. The van der Waals surface area contributed by atoms with Crippen LogP contribution in [0.1, 0.15) is 123 Å². The first-order chi connectivity index (χ1) is 64.2. The Labute approximate surface area is 796 Å². The van der Waals surface area contributed by atoms with Gasteiger partial charge in [0.1, 0.15) is 18.8 Å². The van der Waals surface area contributed by atoms with Crippen molar-refractivity contribution in [1.82, 2.24) is 9.80 Å². The number of benzene rings is 7. The van der Waals surface area contributed by atoms with Crippen molar-refractivity contribution in [1.29, 1.82) is 0 Å². The Morgan fingerprint density at radius 2 is 0.635 bits per heavy atom. The number of carbonyl (C=O) groups excluding carboxylic acids is 6. The Morgan fingerprint density at radius 1 is 0.401 bits per heavy atom. The van der Waals surface area contributed by atoms with Gasteiger partial charge in [-0.25, -0.2) is 25.3 Å². The number of amides is 2. The number of halogens is 10. The van der Waals surface area contributed by atoms with Crippen LogP contribution in [0.15, 0.2) is 242 Å². The first kappa shape index (κ1) is 104. The molecule has 137 heavy (non-hydrogen) atoms. The Balaban J connectivity index is 0.000000144. The molecule has 7 aromatic rings. The van der Waals surface area contributed by atoms with Gasteiger partial charge in [-0.3, -0.25) is 33.0 Å². The van der Waals surface area contributed by atoms with E-state index in [0.29, 0.717) is 74.0 Å². The van der Waals surface area contributed by atoms with Gasteiger partial charge in [-0.15, -0.1) is 0 Å². The van der Waals surface area contributed by atoms with Crippen LogP contribution in [0.25, 0.3) is 0 Å². The number of hydrogen-bond acceptors (Lipinski definition) is 20. The quantitative estimate of drug-likeness (QED) is 0.0109. The van der Waals surface area contributed by atoms with E-state index in [9.17, 15) is 112 Å². The summed E-state index contributed by atoms with van der Waals surface area (Å²) in [6.45, 7) is 7.88. The van der Waals surface area contributed by atoms with Gasteiger partial charge in [-0.1, -0.05) is 140 Å². The summed E-state index contributed by atoms with van der Waals surface area (Å²) < 4.78 is 256. The SMILES string of the molecule is CC(C)N1C(=O)C2C3CC(C(OC(=O)C45CC6CC(CC(C6)C4)C5)C31)C2C(=O)OC(C(F)(F)F)C(F)(F)S(=O)(=O)[O-].CC(C)N1C(=O)C2C3CC(C(OC(=O)C45CC6CC(CC(C6)C4)C5)C31)C2C(=O)OC(C(F)(F)F)C(F)(F)S(=O)(=O)[O-].COS(=O)(=O)[O-].C[N+](C)(C)Cc1ccccc1.c1ccc([S+](c2ccccc2)c2ccccc2)cc1.c1ccc([S+](c2ccccc2)c2ccccc2)cc1. The van der Waals surface area contributed by atoms with Gasteiger partial charge in [0.15, 0.2) is 49.6 Å². The van der Waals surface area contributed by atoms with E-state index in [1.54, 1.807) is 27.7 Å². The van der Waals surface area contributed by atoms with Crippen molar-refractivity contribution < 1.29 is 139 Å². The van der Waals surface area contributed by atoms with E-state index in [-0.39, 0.29) is 34.6 Å². The van der Waals surface area contributed by atoms with Crippen LogP contribution in [0.2, 0.25) is 0 Å². The zero-order valence-corrected chi connectivity index (χ0v) is 80.4. The van der Waals surface area contributed by atoms with Crippen molar-refractivity contribution in [3.05, 3.63) is 218 Å². The fourth-order valence-corrected chi connectivity index (χ4v) is 29.8. The van der Waals surface area contributed by atoms with Crippen molar-refractivity contribution in [3.8, 4) is 0 Å². The molecular weight excluding hydrogens is 1900 g/mol. The molecule has 2 heterocycles. The van der Waals surface area contributed by atoms with Crippen molar-refractivity contribution in [2.45, 2.75) is 225 Å². The first-order valence-corrected chi connectivity index (χ1v) is 52.3. The molecule has 21 rings (SSSR count). The van der Waals surface area contributed by atoms with Gasteiger partial charge in [0.05, 0.1) is 96.6 Å². The lowest BCUT2D eigenvalue weighted by Crippen LogP contribution is -2.55. The van der Waals surface area contributed by atoms with E-state index in [4.69, 9.17) is 9.47 Å². The molecule has 14 aliphatic rings. The molecule has 2 amide bonds. The molecule has 0 aromatic heterocycles. The average molecular weight is 2010 g/mol. The zero-order valence-electron chi connectivity index (χ0n) is 76.3. The maximum absolute atomic E-state index is 14.1. The number of hydrogen-bond donors (Lipinski definition) is 0. The van der Waals surface area contributed by atoms with E-state index in [2.05, 4.69) is 247 Å². The van der Waals surface area contributed by atoms with Crippen LogP contribution in [-0.4, -0.2) is 189 Å². The Kier molecular flexibility index (Phi) is 30.7. The number of rotatable bonds is 23. The Morgan fingerprint density at radius 3 is 0.839 bits per heavy atom. The minimum atomic E-state index is -6.88. The molecule has 2 saturated heterocycles. The van der Waals surface area contributed by atoms with Crippen LogP contribution < -0.4 is 0 Å². The minimum Gasteiger partial charge on any atom is -0.743 e. The highest BCUT2D eigenvalue weighted by molar-refractivity contribution is 7.97. The van der Waals surface area contributed by atoms with E-state index < -0.39 is 196 Å². The van der Waals surface area contributed by atoms with Gasteiger partial charge < -0.3 is 46.9 Å². The predicted octanol–water partition coefficient (Wildman–Crippen LogP) is 17.0. The second-order valence-corrected chi connectivity index (χ2v) is 47.9. The van der Waals surface area contributed by atoms with Crippen LogP contribution >= 0.6 is 0 Å². The topological polar surface area (TPSA) is 327 Å². The van der Waals surface area contributed by atoms with Gasteiger partial charge in [-0.2, -0.15) is 43.9 Å². The van der Waals surface area contributed by atoms with E-state index in [1.807, 2.05) is 0 Å². The molecule has 7 aromatic carbocycles. The number of esters is 4. The molecule has 14 atom stereocenters. The smallest absolute Gasteiger partial charge is 0.432 e. The molecule has 0 radical (unpaired) electrons. The third kappa shape index (κ3) is 22.2. The van der Waals surface area contributed by atoms with Crippen molar-refractivity contribution >= 4 is 88.1 Å². The van der Waals surface area contributed by atoms with Crippen LogP contribution in [0.4, 0.5) is 43.9 Å². The third-order valence-electron chi connectivity index (χ3n) is 28.8. The maximum Gasteiger partial charge on any atom is 0.432 e. The van der Waals surface area contributed by atoms with Crippen LogP contribution in [0.3, 0.4) is 0 Å². The lowest BCUT2D eigenvalue weighted by atomic mass is 9.49. The van der Waals surface area contributed by atoms with Crippen molar-refractivity contribution in [2.75, 3.05) is 28.3 Å². The van der Waals surface area contributed by atoms with Crippen LogP contribution in [0, 0.1) is 93.7 Å². The fourth-order valence-electron chi connectivity index (χ4n) is 24.7. The molecular formula is C99H111F10N3O20S5. The number of nitrogens with zero attached hydrogens (tertiary/aromatic N) is 3. The van der Waals surface area contributed by atoms with E-state index in [1.165, 1.54) is 44.7 Å². The molecule has 23 nitrogen and oxygen atoms in total. The number of fused-ring (bicyclic) bond motifs is 2. The summed E-state index contributed by atoms with van der Waals surface area (Å²) in [7, 11) is -10.8. The molecule has 0 spiro atoms. The average Bonchev–Trinajstić information content (AvgIpc) is 1.53. The lowest BCUT2D eigenvalue weighted by Gasteiger charge is -2.55. The van der Waals surface area contributed by atoms with Crippen LogP contribution in [-0.2, 0) is 111 Å². The molecule has 742 valence electrons. The molecule has 14 unspecified atom stereocenters. The number of likely N-dealkylation sites (tertiary alicyclic amines) is 2. The molecule has 12 bridgehead atoms.